The SMILES string of the molecule is C#C.CC.CC/C(NNc1ccc(F)c(-c2ccc3c(-c4ncc[nH]4)c[nH]c3c2F)c1F)=C(/C)N. The lowest BCUT2D eigenvalue weighted by Gasteiger charge is -2.16. The maximum Gasteiger partial charge on any atom is 0.158 e. The van der Waals surface area contributed by atoms with Crippen molar-refractivity contribution in [3.05, 3.63) is 71.7 Å². The number of hydrogen-bond acceptors (Lipinski definition) is 4. The number of nitrogens with one attached hydrogen (secondary N) is 4. The molecule has 184 valence electrons. The topological polar surface area (TPSA) is 94.5 Å². The fourth-order valence-electron chi connectivity index (χ4n) is 3.47. The minimum Gasteiger partial charge on any atom is -0.401 e. The average molecular weight is 483 g/mol. The van der Waals surface area contributed by atoms with Gasteiger partial charge in [0.25, 0.3) is 0 Å². The number of rotatable bonds is 6. The van der Waals surface area contributed by atoms with Crippen molar-refractivity contribution in [1.29, 1.82) is 0 Å². The van der Waals surface area contributed by atoms with Crippen LogP contribution in [0.2, 0.25) is 0 Å². The van der Waals surface area contributed by atoms with E-state index in [-0.39, 0.29) is 16.8 Å². The first-order valence-corrected chi connectivity index (χ1v) is 11.0. The molecule has 0 bridgehead atoms. The lowest BCUT2D eigenvalue weighted by atomic mass is 10.0. The third kappa shape index (κ3) is 5.44. The van der Waals surface area contributed by atoms with E-state index in [0.717, 1.165) is 6.07 Å². The number of hydrogen-bond donors (Lipinski definition) is 5. The molecule has 0 saturated carbocycles. The Balaban J connectivity index is 0.00000103. The molecule has 4 rings (SSSR count). The lowest BCUT2D eigenvalue weighted by Crippen LogP contribution is -2.24. The van der Waals surface area contributed by atoms with Crippen molar-refractivity contribution in [2.45, 2.75) is 34.1 Å². The van der Waals surface area contributed by atoms with Gasteiger partial charge in [0.05, 0.1) is 16.8 Å². The van der Waals surface area contributed by atoms with Crippen molar-refractivity contribution in [2.75, 3.05) is 5.43 Å². The summed E-state index contributed by atoms with van der Waals surface area (Å²) in [6.07, 6.45) is 13.4. The molecular weight excluding hydrogens is 453 g/mol. The molecule has 0 saturated heterocycles. The van der Waals surface area contributed by atoms with Crippen LogP contribution in [0, 0.1) is 30.3 Å². The molecule has 0 aliphatic heterocycles. The monoisotopic (exact) mass is 482 g/mol. The normalized spacial score (nSPS) is 11.0. The highest BCUT2D eigenvalue weighted by atomic mass is 19.1. The number of aromatic amines is 2. The molecule has 6 N–H and O–H groups in total. The number of imidazole rings is 1. The number of allylic oxidation sites excluding steroid dienone is 2. The molecule has 9 heteroatoms. The summed E-state index contributed by atoms with van der Waals surface area (Å²) in [5.41, 5.74) is 12.6. The molecule has 0 spiro atoms. The van der Waals surface area contributed by atoms with E-state index < -0.39 is 23.0 Å². The van der Waals surface area contributed by atoms with Crippen molar-refractivity contribution in [3.63, 3.8) is 0 Å². The maximum atomic E-state index is 15.3. The zero-order chi connectivity index (χ0) is 26.1. The standard InChI is InChI=1S/C22H21F3N6.C2H6.C2H2/c1-3-16(11(2)26)30-31-17-7-6-15(23)18(20(17)25)13-5-4-12-14(22-27-8-9-28-22)10-29-21(12)19(13)24;2*1-2/h4-10,29-31H,3,26H2,1-2H3,(H,27,28);1-2H3;1-2H/b16-11+;;. The van der Waals surface area contributed by atoms with Gasteiger partial charge in [0.1, 0.15) is 11.6 Å². The molecule has 2 aromatic carbocycles. The third-order valence-electron chi connectivity index (χ3n) is 5.08. The molecule has 0 radical (unpaired) electrons. The van der Waals surface area contributed by atoms with Gasteiger partial charge in [-0.1, -0.05) is 32.9 Å². The lowest BCUT2D eigenvalue weighted by molar-refractivity contribution is 0.584. The van der Waals surface area contributed by atoms with Gasteiger partial charge < -0.3 is 21.1 Å². The number of benzene rings is 2. The first-order valence-electron chi connectivity index (χ1n) is 11.0. The van der Waals surface area contributed by atoms with Crippen LogP contribution in [0.15, 0.2) is 54.3 Å². The van der Waals surface area contributed by atoms with E-state index in [0.29, 0.717) is 34.6 Å². The minimum atomic E-state index is -0.923. The Morgan fingerprint density at radius 3 is 2.34 bits per heavy atom. The van der Waals surface area contributed by atoms with Gasteiger partial charge in [0.2, 0.25) is 0 Å². The van der Waals surface area contributed by atoms with Crippen LogP contribution in [0.5, 0.6) is 0 Å². The van der Waals surface area contributed by atoms with Gasteiger partial charge in [-0.05, 0) is 25.5 Å². The van der Waals surface area contributed by atoms with E-state index in [1.165, 1.54) is 12.1 Å². The molecule has 2 aromatic heterocycles. The van der Waals surface area contributed by atoms with Crippen LogP contribution in [0.3, 0.4) is 0 Å². The van der Waals surface area contributed by atoms with Crippen molar-refractivity contribution >= 4 is 16.6 Å². The number of terminal acetylenes is 1. The minimum absolute atomic E-state index is 0.0362. The highest BCUT2D eigenvalue weighted by molar-refractivity contribution is 5.96. The molecule has 4 aromatic rings. The summed E-state index contributed by atoms with van der Waals surface area (Å²) in [6.45, 7) is 7.59. The summed E-state index contributed by atoms with van der Waals surface area (Å²) < 4.78 is 45.1. The van der Waals surface area contributed by atoms with E-state index in [4.69, 9.17) is 5.73 Å². The molecule has 6 nitrogen and oxygen atoms in total. The number of nitrogens with zero attached hydrogens (tertiary/aromatic N) is 1. The highest BCUT2D eigenvalue weighted by Crippen LogP contribution is 2.37. The molecule has 0 fully saturated rings. The zero-order valence-corrected chi connectivity index (χ0v) is 20.1. The maximum absolute atomic E-state index is 15.3. The van der Waals surface area contributed by atoms with Crippen molar-refractivity contribution in [2.24, 2.45) is 5.73 Å². The van der Waals surface area contributed by atoms with E-state index in [9.17, 15) is 4.39 Å². The summed E-state index contributed by atoms with van der Waals surface area (Å²) in [7, 11) is 0. The molecule has 35 heavy (non-hydrogen) atoms. The number of hydrazine groups is 1. The van der Waals surface area contributed by atoms with Crippen LogP contribution >= 0.6 is 0 Å². The number of fused-ring (bicyclic) bond motifs is 1. The smallest absolute Gasteiger partial charge is 0.158 e. The Kier molecular flexibility index (Phi) is 9.41. The number of H-pyrrole nitrogens is 2. The number of aromatic nitrogens is 3. The number of anilines is 1. The summed E-state index contributed by atoms with van der Waals surface area (Å²) in [5, 5.41) is 0.545. The Morgan fingerprint density at radius 1 is 1.03 bits per heavy atom. The first-order chi connectivity index (χ1) is 16.9. The molecule has 0 aliphatic carbocycles. The van der Waals surface area contributed by atoms with Gasteiger partial charge in [0.15, 0.2) is 11.6 Å². The van der Waals surface area contributed by atoms with Crippen molar-refractivity contribution in [1.82, 2.24) is 20.4 Å². The van der Waals surface area contributed by atoms with Gasteiger partial charge in [-0.25, -0.2) is 18.2 Å². The van der Waals surface area contributed by atoms with Gasteiger partial charge in [-0.3, -0.25) is 5.43 Å². The molecule has 0 atom stereocenters. The molecule has 0 amide bonds. The van der Waals surface area contributed by atoms with E-state index in [1.807, 2.05) is 20.8 Å². The Labute approximate surface area is 202 Å². The molecule has 2 heterocycles. The summed E-state index contributed by atoms with van der Waals surface area (Å²) in [5.74, 6) is -2.00. The largest absolute Gasteiger partial charge is 0.401 e. The van der Waals surface area contributed by atoms with E-state index >= 15 is 8.78 Å². The van der Waals surface area contributed by atoms with Crippen LogP contribution < -0.4 is 16.6 Å². The summed E-state index contributed by atoms with van der Waals surface area (Å²) in [4.78, 5) is 9.97. The predicted octanol–water partition coefficient (Wildman–Crippen LogP) is 6.43. The third-order valence-corrected chi connectivity index (χ3v) is 5.08. The van der Waals surface area contributed by atoms with Crippen molar-refractivity contribution in [3.8, 4) is 35.4 Å². The van der Waals surface area contributed by atoms with Crippen LogP contribution in [0.4, 0.5) is 18.9 Å². The summed E-state index contributed by atoms with van der Waals surface area (Å²) >= 11 is 0. The molecule has 0 aliphatic rings. The van der Waals surface area contributed by atoms with Crippen LogP contribution in [-0.4, -0.2) is 15.0 Å². The number of nitrogens with two attached hydrogens (primary N) is 1. The Hall–Kier alpha value is -4.32. The Bertz CT molecular complexity index is 1320. The number of halogens is 3. The Morgan fingerprint density at radius 2 is 1.74 bits per heavy atom. The highest BCUT2D eigenvalue weighted by Gasteiger charge is 2.22. The predicted molar refractivity (Wildman–Crippen MR) is 136 cm³/mol. The fourth-order valence-corrected chi connectivity index (χ4v) is 3.47. The average Bonchev–Trinajstić information content (AvgIpc) is 3.55. The second-order valence-corrected chi connectivity index (χ2v) is 7.04. The van der Waals surface area contributed by atoms with Crippen LogP contribution in [0.25, 0.3) is 33.4 Å². The first kappa shape index (κ1) is 26.9. The fraction of sp³-hybridized carbons (Fsp3) is 0.192. The van der Waals surface area contributed by atoms with E-state index in [2.05, 4.69) is 38.7 Å². The van der Waals surface area contributed by atoms with Gasteiger partial charge in [0, 0.05) is 46.5 Å². The molecule has 0 unspecified atom stereocenters. The van der Waals surface area contributed by atoms with E-state index in [1.54, 1.807) is 31.6 Å². The van der Waals surface area contributed by atoms with Crippen molar-refractivity contribution < 1.29 is 13.2 Å². The van der Waals surface area contributed by atoms with Gasteiger partial charge in [-0.2, -0.15) is 0 Å². The van der Waals surface area contributed by atoms with Crippen LogP contribution in [0.1, 0.15) is 34.1 Å². The van der Waals surface area contributed by atoms with Gasteiger partial charge >= 0.3 is 0 Å². The quantitative estimate of drug-likeness (QED) is 0.162. The zero-order valence-electron chi connectivity index (χ0n) is 20.1. The second-order valence-electron chi connectivity index (χ2n) is 7.04. The molecular formula is C26H29F3N6. The second kappa shape index (κ2) is 12.2. The van der Waals surface area contributed by atoms with Gasteiger partial charge in [-0.15, -0.1) is 12.8 Å². The van der Waals surface area contributed by atoms with Crippen LogP contribution in [-0.2, 0) is 0 Å². The summed E-state index contributed by atoms with van der Waals surface area (Å²) in [6, 6.07) is 5.28.